The molecular weight excluding hydrogens is 306 g/mol. The Kier molecular flexibility index (Phi) is 7.70. The lowest BCUT2D eigenvalue weighted by Gasteiger charge is -2.10. The molecule has 6 heteroatoms. The third-order valence-corrected chi connectivity index (χ3v) is 3.23. The maximum atomic E-state index is 5.62. The summed E-state index contributed by atoms with van der Waals surface area (Å²) in [4.78, 5) is 4.59. The van der Waals surface area contributed by atoms with Crippen LogP contribution in [0.25, 0.3) is 0 Å². The molecule has 0 aliphatic heterocycles. The van der Waals surface area contributed by atoms with E-state index in [4.69, 9.17) is 13.9 Å². The van der Waals surface area contributed by atoms with Crippen molar-refractivity contribution < 1.29 is 13.9 Å². The molecule has 130 valence electrons. The van der Waals surface area contributed by atoms with Crippen molar-refractivity contribution in [2.75, 3.05) is 26.9 Å². The minimum Gasteiger partial charge on any atom is -0.491 e. The van der Waals surface area contributed by atoms with Crippen molar-refractivity contribution in [1.82, 2.24) is 10.6 Å². The number of hydrogen-bond donors (Lipinski definition) is 2. The average Bonchev–Trinajstić information content (AvgIpc) is 3.11. The summed E-state index contributed by atoms with van der Waals surface area (Å²) in [6, 6.07) is 11.7. The van der Waals surface area contributed by atoms with Crippen LogP contribution in [0.4, 0.5) is 0 Å². The summed E-state index contributed by atoms with van der Waals surface area (Å²) in [5, 5.41) is 6.47. The van der Waals surface area contributed by atoms with Crippen LogP contribution in [-0.4, -0.2) is 32.8 Å². The van der Waals surface area contributed by atoms with Crippen LogP contribution in [0.15, 0.2) is 52.1 Å². The van der Waals surface area contributed by atoms with Crippen molar-refractivity contribution in [3.05, 3.63) is 54.0 Å². The highest BCUT2D eigenvalue weighted by Gasteiger charge is 2.01. The number of ether oxygens (including phenoxy) is 2. The molecule has 0 spiro atoms. The summed E-state index contributed by atoms with van der Waals surface area (Å²) in [7, 11) is 1.66. The van der Waals surface area contributed by atoms with Crippen LogP contribution in [0.2, 0.25) is 0 Å². The normalized spacial score (nSPS) is 11.3. The van der Waals surface area contributed by atoms with E-state index in [0.717, 1.165) is 29.6 Å². The van der Waals surface area contributed by atoms with E-state index in [-0.39, 0.29) is 0 Å². The molecule has 0 saturated heterocycles. The highest BCUT2D eigenvalue weighted by molar-refractivity contribution is 5.79. The Hall–Kier alpha value is -2.47. The van der Waals surface area contributed by atoms with E-state index >= 15 is 0 Å². The average molecular weight is 331 g/mol. The summed E-state index contributed by atoms with van der Waals surface area (Å²) in [5.74, 6) is 2.45. The van der Waals surface area contributed by atoms with Gasteiger partial charge in [0, 0.05) is 13.7 Å². The van der Waals surface area contributed by atoms with Gasteiger partial charge in [0.1, 0.15) is 18.1 Å². The molecule has 1 heterocycles. The second kappa shape index (κ2) is 10.3. The summed E-state index contributed by atoms with van der Waals surface area (Å²) in [6.07, 6.45) is 1.66. The summed E-state index contributed by atoms with van der Waals surface area (Å²) in [5.41, 5.74) is 1.08. The van der Waals surface area contributed by atoms with Gasteiger partial charge in [-0.3, -0.25) is 0 Å². The van der Waals surface area contributed by atoms with Crippen molar-refractivity contribution in [2.24, 2.45) is 4.99 Å². The second-order valence-corrected chi connectivity index (χ2v) is 5.12. The first kappa shape index (κ1) is 17.9. The Balaban J connectivity index is 1.90. The Labute approximate surface area is 142 Å². The lowest BCUT2D eigenvalue weighted by molar-refractivity contribution is 0.146. The Morgan fingerprint density at radius 3 is 2.83 bits per heavy atom. The molecule has 0 aliphatic carbocycles. The highest BCUT2D eigenvalue weighted by atomic mass is 16.5. The number of aliphatic imine (C=N–C) groups is 1. The van der Waals surface area contributed by atoms with E-state index in [1.165, 1.54) is 0 Å². The molecule has 0 aliphatic rings. The summed E-state index contributed by atoms with van der Waals surface area (Å²) < 4.78 is 15.9. The van der Waals surface area contributed by atoms with E-state index in [2.05, 4.69) is 15.6 Å². The quantitative estimate of drug-likeness (QED) is 0.420. The number of nitrogens with zero attached hydrogens (tertiary/aromatic N) is 1. The van der Waals surface area contributed by atoms with E-state index in [1.807, 2.05) is 43.3 Å². The van der Waals surface area contributed by atoms with Gasteiger partial charge in [0.25, 0.3) is 0 Å². The molecular formula is C18H25N3O3. The minimum atomic E-state index is 0.538. The summed E-state index contributed by atoms with van der Waals surface area (Å²) in [6.45, 7) is 5.10. The molecule has 0 bridgehead atoms. The Bertz CT molecular complexity index is 612. The molecule has 0 radical (unpaired) electrons. The van der Waals surface area contributed by atoms with Crippen LogP contribution >= 0.6 is 0 Å². The number of nitrogens with one attached hydrogen (secondary N) is 2. The van der Waals surface area contributed by atoms with Gasteiger partial charge >= 0.3 is 0 Å². The fourth-order valence-corrected chi connectivity index (χ4v) is 2.07. The van der Waals surface area contributed by atoms with E-state index in [9.17, 15) is 0 Å². The molecule has 0 saturated carbocycles. The van der Waals surface area contributed by atoms with Crippen molar-refractivity contribution in [3.63, 3.8) is 0 Å². The van der Waals surface area contributed by atoms with Crippen LogP contribution < -0.4 is 15.4 Å². The number of guanidine groups is 1. The highest BCUT2D eigenvalue weighted by Crippen LogP contribution is 2.14. The van der Waals surface area contributed by atoms with E-state index in [0.29, 0.717) is 26.3 Å². The van der Waals surface area contributed by atoms with Crippen molar-refractivity contribution in [2.45, 2.75) is 20.0 Å². The molecule has 2 rings (SSSR count). The molecule has 1 aromatic heterocycles. The van der Waals surface area contributed by atoms with Crippen LogP contribution in [-0.2, 0) is 17.8 Å². The van der Waals surface area contributed by atoms with Gasteiger partial charge < -0.3 is 24.5 Å². The lowest BCUT2D eigenvalue weighted by Crippen LogP contribution is -2.36. The first-order valence-corrected chi connectivity index (χ1v) is 8.07. The zero-order chi connectivity index (χ0) is 17.0. The largest absolute Gasteiger partial charge is 0.491 e. The van der Waals surface area contributed by atoms with Crippen molar-refractivity contribution in [1.29, 1.82) is 0 Å². The molecule has 24 heavy (non-hydrogen) atoms. The lowest BCUT2D eigenvalue weighted by atomic mass is 10.2. The first-order chi connectivity index (χ1) is 11.8. The van der Waals surface area contributed by atoms with Gasteiger partial charge in [-0.1, -0.05) is 12.1 Å². The van der Waals surface area contributed by atoms with Gasteiger partial charge in [-0.25, -0.2) is 4.99 Å². The maximum Gasteiger partial charge on any atom is 0.191 e. The van der Waals surface area contributed by atoms with Crippen LogP contribution in [0.3, 0.4) is 0 Å². The number of benzene rings is 1. The maximum absolute atomic E-state index is 5.62. The van der Waals surface area contributed by atoms with Gasteiger partial charge in [0.2, 0.25) is 0 Å². The predicted molar refractivity (Wildman–Crippen MR) is 94.2 cm³/mol. The molecule has 0 atom stereocenters. The van der Waals surface area contributed by atoms with E-state index < -0.39 is 0 Å². The zero-order valence-electron chi connectivity index (χ0n) is 14.2. The predicted octanol–water partition coefficient (Wildman–Crippen LogP) is 2.56. The van der Waals surface area contributed by atoms with Gasteiger partial charge in [-0.2, -0.15) is 0 Å². The Morgan fingerprint density at radius 2 is 2.08 bits per heavy atom. The van der Waals surface area contributed by atoms with Gasteiger partial charge in [0.05, 0.1) is 26.0 Å². The zero-order valence-corrected chi connectivity index (χ0v) is 14.2. The third kappa shape index (κ3) is 6.34. The molecule has 2 N–H and O–H groups in total. The fourth-order valence-electron chi connectivity index (χ4n) is 2.07. The first-order valence-electron chi connectivity index (χ1n) is 8.07. The number of methoxy groups -OCH3 is 1. The SMILES string of the molecule is CCNC(=NCc1cccc(OCCOC)c1)NCc1ccco1. The monoisotopic (exact) mass is 331 g/mol. The summed E-state index contributed by atoms with van der Waals surface area (Å²) >= 11 is 0. The fraction of sp³-hybridized carbons (Fsp3) is 0.389. The number of rotatable bonds is 9. The van der Waals surface area contributed by atoms with Crippen LogP contribution in [0, 0.1) is 0 Å². The van der Waals surface area contributed by atoms with Crippen LogP contribution in [0.1, 0.15) is 18.2 Å². The molecule has 1 aromatic carbocycles. The Morgan fingerprint density at radius 1 is 1.17 bits per heavy atom. The molecule has 0 fully saturated rings. The molecule has 0 unspecified atom stereocenters. The van der Waals surface area contributed by atoms with Crippen LogP contribution in [0.5, 0.6) is 5.75 Å². The minimum absolute atomic E-state index is 0.538. The van der Waals surface area contributed by atoms with Crippen molar-refractivity contribution in [3.8, 4) is 5.75 Å². The van der Waals surface area contributed by atoms with Gasteiger partial charge in [-0.05, 0) is 36.8 Å². The number of hydrogen-bond acceptors (Lipinski definition) is 4. The second-order valence-electron chi connectivity index (χ2n) is 5.12. The van der Waals surface area contributed by atoms with Gasteiger partial charge in [-0.15, -0.1) is 0 Å². The number of furan rings is 1. The molecule has 0 amide bonds. The smallest absolute Gasteiger partial charge is 0.191 e. The molecule has 2 aromatic rings. The van der Waals surface area contributed by atoms with Crippen molar-refractivity contribution >= 4 is 5.96 Å². The van der Waals surface area contributed by atoms with Gasteiger partial charge in [0.15, 0.2) is 5.96 Å². The topological polar surface area (TPSA) is 68.0 Å². The molecule has 6 nitrogen and oxygen atoms in total. The van der Waals surface area contributed by atoms with E-state index in [1.54, 1.807) is 13.4 Å². The third-order valence-electron chi connectivity index (χ3n) is 3.23. The standard InChI is InChI=1S/C18H25N3O3/c1-3-19-18(21-14-17-8-5-9-23-17)20-13-15-6-4-7-16(12-15)24-11-10-22-2/h4-9,12H,3,10-11,13-14H2,1-2H3,(H2,19,20,21).